The lowest BCUT2D eigenvalue weighted by atomic mass is 9.75. The van der Waals surface area contributed by atoms with Crippen LogP contribution in [0.25, 0.3) is 0 Å². The van der Waals surface area contributed by atoms with Crippen molar-refractivity contribution in [2.24, 2.45) is 5.41 Å². The SMILES string of the molecule is C=CC(C)(O)/C=C\C1=C(C)C(=O)C(O)=CC1(C)C. The minimum Gasteiger partial charge on any atom is -0.504 e. The number of hydrogen-bond acceptors (Lipinski definition) is 3. The van der Waals surface area contributed by atoms with Crippen molar-refractivity contribution in [3.05, 3.63) is 47.8 Å². The average molecular weight is 248 g/mol. The fourth-order valence-electron chi connectivity index (χ4n) is 1.94. The number of ketones is 1. The molecule has 0 radical (unpaired) electrons. The van der Waals surface area contributed by atoms with Gasteiger partial charge in [-0.05, 0) is 31.6 Å². The second kappa shape index (κ2) is 4.58. The van der Waals surface area contributed by atoms with E-state index in [1.54, 1.807) is 26.0 Å². The van der Waals surface area contributed by atoms with Crippen molar-refractivity contribution in [1.29, 1.82) is 0 Å². The summed E-state index contributed by atoms with van der Waals surface area (Å²) in [5, 5.41) is 19.4. The number of aliphatic hydroxyl groups excluding tert-OH is 1. The first-order chi connectivity index (χ1) is 8.10. The van der Waals surface area contributed by atoms with Crippen LogP contribution in [0.3, 0.4) is 0 Å². The lowest BCUT2D eigenvalue weighted by Crippen LogP contribution is -2.24. The van der Waals surface area contributed by atoms with Crippen molar-refractivity contribution in [3.63, 3.8) is 0 Å². The van der Waals surface area contributed by atoms with E-state index in [2.05, 4.69) is 6.58 Å². The molecule has 2 N–H and O–H groups in total. The molecule has 0 saturated carbocycles. The molecule has 0 aromatic rings. The van der Waals surface area contributed by atoms with E-state index >= 15 is 0 Å². The first-order valence-corrected chi connectivity index (χ1v) is 5.84. The van der Waals surface area contributed by atoms with Crippen LogP contribution in [0.15, 0.2) is 47.8 Å². The van der Waals surface area contributed by atoms with Crippen molar-refractivity contribution in [1.82, 2.24) is 0 Å². The van der Waals surface area contributed by atoms with Gasteiger partial charge in [0.1, 0.15) is 0 Å². The van der Waals surface area contributed by atoms with Crippen molar-refractivity contribution in [2.45, 2.75) is 33.3 Å². The Bertz CT molecular complexity index is 474. The van der Waals surface area contributed by atoms with Gasteiger partial charge in [0.05, 0.1) is 5.60 Å². The van der Waals surface area contributed by atoms with E-state index in [1.807, 2.05) is 13.8 Å². The van der Waals surface area contributed by atoms with E-state index in [-0.39, 0.29) is 11.5 Å². The van der Waals surface area contributed by atoms with Crippen molar-refractivity contribution in [2.75, 3.05) is 0 Å². The number of carbonyl (C=O) groups is 1. The summed E-state index contributed by atoms with van der Waals surface area (Å²) in [4.78, 5) is 11.7. The average Bonchev–Trinajstić information content (AvgIpc) is 2.25. The zero-order valence-corrected chi connectivity index (χ0v) is 11.3. The molecule has 0 amide bonds. The Morgan fingerprint density at radius 1 is 1.44 bits per heavy atom. The summed E-state index contributed by atoms with van der Waals surface area (Å²) in [5.41, 5.74) is -0.283. The highest BCUT2D eigenvalue weighted by Gasteiger charge is 2.31. The van der Waals surface area contributed by atoms with Crippen LogP contribution < -0.4 is 0 Å². The molecule has 0 spiro atoms. The summed E-state index contributed by atoms with van der Waals surface area (Å²) in [6.07, 6.45) is 6.26. The third kappa shape index (κ3) is 2.79. The number of rotatable bonds is 3. The third-order valence-corrected chi connectivity index (χ3v) is 3.17. The molecule has 0 aromatic heterocycles. The lowest BCUT2D eigenvalue weighted by Gasteiger charge is -2.29. The molecule has 1 aliphatic carbocycles. The predicted octanol–water partition coefficient (Wildman–Crippen LogP) is 2.85. The maximum atomic E-state index is 11.7. The number of allylic oxidation sites excluding steroid dienone is 4. The molecule has 0 bridgehead atoms. The lowest BCUT2D eigenvalue weighted by molar-refractivity contribution is -0.114. The fourth-order valence-corrected chi connectivity index (χ4v) is 1.94. The van der Waals surface area contributed by atoms with Gasteiger partial charge >= 0.3 is 0 Å². The van der Waals surface area contributed by atoms with Gasteiger partial charge in [0.25, 0.3) is 0 Å². The van der Waals surface area contributed by atoms with Crippen LogP contribution in [0.1, 0.15) is 27.7 Å². The van der Waals surface area contributed by atoms with Gasteiger partial charge in [0, 0.05) is 11.0 Å². The molecule has 18 heavy (non-hydrogen) atoms. The molecule has 0 aromatic carbocycles. The molecule has 0 aliphatic heterocycles. The monoisotopic (exact) mass is 248 g/mol. The second-order valence-corrected chi connectivity index (χ2v) is 5.38. The Balaban J connectivity index is 3.22. The van der Waals surface area contributed by atoms with E-state index in [9.17, 15) is 15.0 Å². The molecule has 3 heteroatoms. The zero-order valence-electron chi connectivity index (χ0n) is 11.3. The first kappa shape index (κ1) is 14.5. The number of Topliss-reactive ketones (excluding diaryl/α,β-unsaturated/α-hetero) is 1. The summed E-state index contributed by atoms with van der Waals surface area (Å²) in [5.74, 6) is -0.586. The fraction of sp³-hybridized carbons (Fsp3) is 0.400. The van der Waals surface area contributed by atoms with Crippen LogP contribution >= 0.6 is 0 Å². The number of aliphatic hydroxyl groups is 2. The molecule has 1 aliphatic rings. The Morgan fingerprint density at radius 3 is 2.50 bits per heavy atom. The standard InChI is InChI=1S/C15H20O3/c1-6-15(5,18)8-7-11-10(2)13(17)12(16)9-14(11,3)4/h6-9,16,18H,1H2,2-5H3/b8-7-. The Kier molecular flexibility index (Phi) is 3.67. The maximum absolute atomic E-state index is 11.7. The minimum absolute atomic E-state index is 0.217. The molecule has 0 saturated heterocycles. The predicted molar refractivity (Wildman–Crippen MR) is 72.2 cm³/mol. The first-order valence-electron chi connectivity index (χ1n) is 5.84. The van der Waals surface area contributed by atoms with Crippen LogP contribution in [0.2, 0.25) is 0 Å². The highest BCUT2D eigenvalue weighted by Crippen LogP contribution is 2.37. The topological polar surface area (TPSA) is 57.5 Å². The van der Waals surface area contributed by atoms with E-state index in [4.69, 9.17) is 0 Å². The van der Waals surface area contributed by atoms with Gasteiger partial charge in [0.2, 0.25) is 5.78 Å². The van der Waals surface area contributed by atoms with E-state index in [0.717, 1.165) is 5.57 Å². The normalized spacial score (nSPS) is 22.9. The molecular weight excluding hydrogens is 228 g/mol. The van der Waals surface area contributed by atoms with Crippen LogP contribution in [-0.4, -0.2) is 21.6 Å². The summed E-state index contributed by atoms with van der Waals surface area (Å²) in [7, 11) is 0. The van der Waals surface area contributed by atoms with Crippen molar-refractivity contribution in [3.8, 4) is 0 Å². The third-order valence-electron chi connectivity index (χ3n) is 3.17. The zero-order chi connectivity index (χ0) is 14.1. The smallest absolute Gasteiger partial charge is 0.222 e. The Labute approximate surface area is 108 Å². The molecule has 0 fully saturated rings. The van der Waals surface area contributed by atoms with Gasteiger partial charge in [-0.15, -0.1) is 0 Å². The van der Waals surface area contributed by atoms with Crippen LogP contribution in [0.4, 0.5) is 0 Å². The molecule has 98 valence electrons. The highest BCUT2D eigenvalue weighted by atomic mass is 16.3. The van der Waals surface area contributed by atoms with Gasteiger partial charge in [0.15, 0.2) is 5.76 Å². The van der Waals surface area contributed by atoms with E-state index in [1.165, 1.54) is 12.2 Å². The number of carbonyl (C=O) groups excluding carboxylic acids is 1. The van der Waals surface area contributed by atoms with Crippen molar-refractivity contribution >= 4 is 5.78 Å². The summed E-state index contributed by atoms with van der Waals surface area (Å²) >= 11 is 0. The Hall–Kier alpha value is -1.61. The summed E-state index contributed by atoms with van der Waals surface area (Å²) in [6.45, 7) is 10.6. The van der Waals surface area contributed by atoms with Gasteiger partial charge in [-0.25, -0.2) is 0 Å². The maximum Gasteiger partial charge on any atom is 0.222 e. The van der Waals surface area contributed by atoms with Gasteiger partial charge in [-0.2, -0.15) is 0 Å². The van der Waals surface area contributed by atoms with Crippen LogP contribution in [-0.2, 0) is 4.79 Å². The molecule has 1 unspecified atom stereocenters. The second-order valence-electron chi connectivity index (χ2n) is 5.38. The van der Waals surface area contributed by atoms with Crippen LogP contribution in [0, 0.1) is 5.41 Å². The van der Waals surface area contributed by atoms with E-state index < -0.39 is 11.0 Å². The van der Waals surface area contributed by atoms with Gasteiger partial charge < -0.3 is 10.2 Å². The largest absolute Gasteiger partial charge is 0.504 e. The van der Waals surface area contributed by atoms with Crippen molar-refractivity contribution < 1.29 is 15.0 Å². The number of hydrogen-bond donors (Lipinski definition) is 2. The molecule has 0 heterocycles. The van der Waals surface area contributed by atoms with Gasteiger partial charge in [-0.3, -0.25) is 4.79 Å². The van der Waals surface area contributed by atoms with E-state index in [0.29, 0.717) is 5.57 Å². The quantitative estimate of drug-likeness (QED) is 0.755. The molecule has 1 rings (SSSR count). The molecular formula is C15H20O3. The highest BCUT2D eigenvalue weighted by molar-refractivity contribution is 6.08. The molecule has 1 atom stereocenters. The Morgan fingerprint density at radius 2 is 2.00 bits per heavy atom. The van der Waals surface area contributed by atoms with Crippen LogP contribution in [0.5, 0.6) is 0 Å². The minimum atomic E-state index is -1.12. The summed E-state index contributed by atoms with van der Waals surface area (Å²) in [6, 6.07) is 0. The van der Waals surface area contributed by atoms with Gasteiger partial charge in [-0.1, -0.05) is 32.6 Å². The molecule has 3 nitrogen and oxygen atoms in total. The summed E-state index contributed by atoms with van der Waals surface area (Å²) < 4.78 is 0.